The quantitative estimate of drug-likeness (QED) is 0.661. The maximum absolute atomic E-state index is 5.26. The molecular formula is C10H13ClN4O2S. The van der Waals surface area contributed by atoms with Crippen LogP contribution < -0.4 is 20.7 Å². The van der Waals surface area contributed by atoms with Crippen molar-refractivity contribution < 1.29 is 9.47 Å². The zero-order valence-corrected chi connectivity index (χ0v) is 11.5. The number of methoxy groups -OCH3 is 2. The molecule has 0 amide bonds. The first-order chi connectivity index (χ1) is 8.28. The van der Waals surface area contributed by atoms with Crippen LogP contribution in [0.1, 0.15) is 0 Å². The zero-order chi connectivity index (χ0) is 12.3. The third-order valence-electron chi connectivity index (χ3n) is 2.18. The van der Waals surface area contributed by atoms with Gasteiger partial charge in [-0.05, 0) is 18.2 Å². The third kappa shape index (κ3) is 2.81. The molecule has 0 bridgehead atoms. The van der Waals surface area contributed by atoms with Crippen molar-refractivity contribution in [1.82, 2.24) is 10.2 Å². The fraction of sp³-hybridized carbons (Fsp3) is 0.200. The number of halogens is 1. The highest BCUT2D eigenvalue weighted by Crippen LogP contribution is 2.33. The Balaban J connectivity index is 0.00000162. The molecule has 98 valence electrons. The van der Waals surface area contributed by atoms with Gasteiger partial charge >= 0.3 is 0 Å². The van der Waals surface area contributed by atoms with E-state index in [1.807, 2.05) is 18.2 Å². The van der Waals surface area contributed by atoms with E-state index in [-0.39, 0.29) is 12.4 Å². The van der Waals surface area contributed by atoms with Crippen molar-refractivity contribution in [2.45, 2.75) is 0 Å². The van der Waals surface area contributed by atoms with Crippen molar-refractivity contribution in [3.05, 3.63) is 18.2 Å². The molecule has 0 unspecified atom stereocenters. The van der Waals surface area contributed by atoms with Gasteiger partial charge in [-0.2, -0.15) is 0 Å². The van der Waals surface area contributed by atoms with Gasteiger partial charge in [-0.1, -0.05) is 11.3 Å². The number of hydrogen-bond donors (Lipinski definition) is 2. The first-order valence-corrected chi connectivity index (χ1v) is 5.62. The van der Waals surface area contributed by atoms with Gasteiger partial charge in [0.2, 0.25) is 5.13 Å². The molecule has 6 nitrogen and oxygen atoms in total. The largest absolute Gasteiger partial charge is 0.493 e. The molecule has 1 heterocycles. The van der Waals surface area contributed by atoms with E-state index in [0.717, 1.165) is 10.6 Å². The lowest BCUT2D eigenvalue weighted by Crippen LogP contribution is -2.05. The Morgan fingerprint density at radius 3 is 2.44 bits per heavy atom. The Morgan fingerprint density at radius 1 is 1.17 bits per heavy atom. The average molecular weight is 289 g/mol. The van der Waals surface area contributed by atoms with E-state index >= 15 is 0 Å². The van der Waals surface area contributed by atoms with Gasteiger partial charge in [-0.15, -0.1) is 22.6 Å². The topological polar surface area (TPSA) is 82.3 Å². The molecule has 0 spiro atoms. The number of nitrogens with zero attached hydrogens (tertiary/aromatic N) is 2. The molecule has 0 fully saturated rings. The van der Waals surface area contributed by atoms with Gasteiger partial charge in [0.1, 0.15) is 5.01 Å². The van der Waals surface area contributed by atoms with Crippen LogP contribution in [0.2, 0.25) is 0 Å². The van der Waals surface area contributed by atoms with Crippen LogP contribution >= 0.6 is 23.7 Å². The summed E-state index contributed by atoms with van der Waals surface area (Å²) in [6.07, 6.45) is 0. The second-order valence-electron chi connectivity index (χ2n) is 3.13. The number of aromatic nitrogens is 2. The number of hydrazine groups is 1. The summed E-state index contributed by atoms with van der Waals surface area (Å²) >= 11 is 1.36. The number of hydrogen-bond acceptors (Lipinski definition) is 7. The van der Waals surface area contributed by atoms with Crippen molar-refractivity contribution in [1.29, 1.82) is 0 Å². The van der Waals surface area contributed by atoms with Crippen LogP contribution in [0.3, 0.4) is 0 Å². The molecule has 1 aromatic carbocycles. The van der Waals surface area contributed by atoms with E-state index in [0.29, 0.717) is 16.6 Å². The maximum Gasteiger partial charge on any atom is 0.220 e. The summed E-state index contributed by atoms with van der Waals surface area (Å²) in [5, 5.41) is 9.21. The van der Waals surface area contributed by atoms with Crippen LogP contribution in [0.25, 0.3) is 10.6 Å². The predicted molar refractivity (Wildman–Crippen MR) is 73.5 cm³/mol. The van der Waals surface area contributed by atoms with Gasteiger partial charge in [0.05, 0.1) is 14.2 Å². The zero-order valence-electron chi connectivity index (χ0n) is 9.84. The van der Waals surface area contributed by atoms with Gasteiger partial charge < -0.3 is 9.47 Å². The van der Waals surface area contributed by atoms with Crippen molar-refractivity contribution in [2.24, 2.45) is 5.84 Å². The molecule has 0 saturated heterocycles. The number of rotatable bonds is 4. The fourth-order valence-corrected chi connectivity index (χ4v) is 2.02. The van der Waals surface area contributed by atoms with Crippen molar-refractivity contribution >= 4 is 28.9 Å². The van der Waals surface area contributed by atoms with Crippen molar-refractivity contribution in [2.75, 3.05) is 19.6 Å². The number of nitrogens with two attached hydrogens (primary N) is 1. The van der Waals surface area contributed by atoms with Crippen LogP contribution in [0.15, 0.2) is 18.2 Å². The van der Waals surface area contributed by atoms with E-state index in [1.54, 1.807) is 14.2 Å². The minimum absolute atomic E-state index is 0. The molecule has 2 rings (SSSR count). The Labute approximate surface area is 115 Å². The second-order valence-corrected chi connectivity index (χ2v) is 4.10. The lowest BCUT2D eigenvalue weighted by molar-refractivity contribution is 0.355. The van der Waals surface area contributed by atoms with E-state index in [1.165, 1.54) is 11.3 Å². The van der Waals surface area contributed by atoms with Crippen LogP contribution in [0.4, 0.5) is 5.13 Å². The number of ether oxygens (including phenoxy) is 2. The van der Waals surface area contributed by atoms with Gasteiger partial charge in [0.25, 0.3) is 0 Å². The van der Waals surface area contributed by atoms with E-state index in [4.69, 9.17) is 15.3 Å². The molecule has 0 aliphatic rings. The SMILES string of the molecule is COc1ccc(-c2nnc(NN)s2)cc1OC.Cl. The predicted octanol–water partition coefficient (Wildman–Crippen LogP) is 1.93. The summed E-state index contributed by atoms with van der Waals surface area (Å²) in [5.74, 6) is 6.59. The lowest BCUT2D eigenvalue weighted by Gasteiger charge is -2.07. The number of anilines is 1. The Kier molecular flexibility index (Phi) is 5.14. The number of nitrogen functional groups attached to an aromatic ring is 1. The normalized spacial score (nSPS) is 9.50. The first kappa shape index (κ1) is 14.5. The summed E-state index contributed by atoms with van der Waals surface area (Å²) in [4.78, 5) is 0. The van der Waals surface area contributed by atoms with Crippen molar-refractivity contribution in [3.63, 3.8) is 0 Å². The Morgan fingerprint density at radius 2 is 1.89 bits per heavy atom. The molecule has 0 aliphatic carbocycles. The first-order valence-electron chi connectivity index (χ1n) is 4.81. The van der Waals surface area contributed by atoms with Crippen LogP contribution in [0.5, 0.6) is 11.5 Å². The van der Waals surface area contributed by atoms with E-state index < -0.39 is 0 Å². The summed E-state index contributed by atoms with van der Waals surface area (Å²) in [7, 11) is 3.19. The number of nitrogens with one attached hydrogen (secondary N) is 1. The van der Waals surface area contributed by atoms with Gasteiger partial charge in [0, 0.05) is 5.56 Å². The molecule has 0 aliphatic heterocycles. The number of benzene rings is 1. The van der Waals surface area contributed by atoms with E-state index in [9.17, 15) is 0 Å². The second kappa shape index (κ2) is 6.39. The molecule has 3 N–H and O–H groups in total. The summed E-state index contributed by atoms with van der Waals surface area (Å²) < 4.78 is 10.4. The molecule has 18 heavy (non-hydrogen) atoms. The molecule has 0 radical (unpaired) electrons. The summed E-state index contributed by atoms with van der Waals surface area (Å²) in [5.41, 5.74) is 3.36. The van der Waals surface area contributed by atoms with Crippen LogP contribution in [0, 0.1) is 0 Å². The maximum atomic E-state index is 5.26. The highest BCUT2D eigenvalue weighted by molar-refractivity contribution is 7.18. The molecule has 0 saturated carbocycles. The van der Waals surface area contributed by atoms with Gasteiger partial charge in [0.15, 0.2) is 11.5 Å². The highest BCUT2D eigenvalue weighted by atomic mass is 35.5. The van der Waals surface area contributed by atoms with Crippen LogP contribution in [-0.4, -0.2) is 24.4 Å². The molecule has 1 aromatic heterocycles. The molecule has 2 aromatic rings. The smallest absolute Gasteiger partial charge is 0.220 e. The molecule has 8 heteroatoms. The lowest BCUT2D eigenvalue weighted by atomic mass is 10.2. The third-order valence-corrected chi connectivity index (χ3v) is 3.08. The minimum atomic E-state index is 0. The minimum Gasteiger partial charge on any atom is -0.493 e. The highest BCUT2D eigenvalue weighted by Gasteiger charge is 2.10. The summed E-state index contributed by atoms with van der Waals surface area (Å²) in [6, 6.07) is 5.56. The fourth-order valence-electron chi connectivity index (χ4n) is 1.37. The standard InChI is InChI=1S/C10H12N4O2S.ClH/c1-15-7-4-3-6(5-8(7)16-2)9-13-14-10(12-11)17-9;/h3-5H,11H2,1-2H3,(H,12,14);1H. The van der Waals surface area contributed by atoms with Crippen LogP contribution in [-0.2, 0) is 0 Å². The average Bonchev–Trinajstić information content (AvgIpc) is 2.86. The Hall–Kier alpha value is -1.57. The van der Waals surface area contributed by atoms with Gasteiger partial charge in [-0.3, -0.25) is 5.43 Å². The van der Waals surface area contributed by atoms with Gasteiger partial charge in [-0.25, -0.2) is 5.84 Å². The molecule has 0 atom stereocenters. The molecular weight excluding hydrogens is 276 g/mol. The van der Waals surface area contributed by atoms with Crippen molar-refractivity contribution in [3.8, 4) is 22.1 Å². The van der Waals surface area contributed by atoms with E-state index in [2.05, 4.69) is 15.6 Å². The summed E-state index contributed by atoms with van der Waals surface area (Å²) in [6.45, 7) is 0. The monoisotopic (exact) mass is 288 g/mol. The Bertz CT molecular complexity index is 520.